The predicted molar refractivity (Wildman–Crippen MR) is 83.2 cm³/mol. The topological polar surface area (TPSA) is 46.2 Å². The van der Waals surface area contributed by atoms with Gasteiger partial charge in [-0.15, -0.1) is 0 Å². The molecule has 3 nitrogen and oxygen atoms in total. The number of anilines is 1. The molecule has 0 bridgehead atoms. The second kappa shape index (κ2) is 6.49. The first-order valence-electron chi connectivity index (χ1n) is 7.10. The van der Waals surface area contributed by atoms with Gasteiger partial charge in [-0.2, -0.15) is 26.3 Å². The summed E-state index contributed by atoms with van der Waals surface area (Å²) in [5.41, 5.74) is -2.37. The van der Waals surface area contributed by atoms with Crippen molar-refractivity contribution in [2.24, 2.45) is 0 Å². The summed E-state index contributed by atoms with van der Waals surface area (Å²) >= 11 is 0. The molecule has 10 heteroatoms. The van der Waals surface area contributed by atoms with Crippen molar-refractivity contribution in [1.29, 1.82) is 0 Å². The van der Waals surface area contributed by atoms with Crippen LogP contribution in [0.15, 0.2) is 41.3 Å². The summed E-state index contributed by atoms with van der Waals surface area (Å²) in [6, 6.07) is 4.96. The van der Waals surface area contributed by atoms with Crippen LogP contribution in [0.5, 0.6) is 0 Å². The molecule has 0 spiro atoms. The van der Waals surface area contributed by atoms with Gasteiger partial charge in [0.1, 0.15) is 0 Å². The van der Waals surface area contributed by atoms with Crippen LogP contribution in [-0.4, -0.2) is 8.42 Å². The lowest BCUT2D eigenvalue weighted by atomic mass is 10.1. The smallest absolute Gasteiger partial charge is 0.279 e. The maximum absolute atomic E-state index is 12.9. The quantitative estimate of drug-likeness (QED) is 0.729. The second-order valence-corrected chi connectivity index (χ2v) is 7.30. The van der Waals surface area contributed by atoms with Gasteiger partial charge in [0, 0.05) is 0 Å². The summed E-state index contributed by atoms with van der Waals surface area (Å²) in [5.74, 6) is 0. The van der Waals surface area contributed by atoms with E-state index in [2.05, 4.69) is 4.72 Å². The SMILES string of the molecule is Cc1cccc(C)c1NS(=O)(=O)c1cc(C(F)(F)F)cc(C(F)(F)F)c1. The fraction of sp³-hybridized carbons (Fsp3) is 0.250. The highest BCUT2D eigenvalue weighted by Crippen LogP contribution is 2.37. The minimum Gasteiger partial charge on any atom is -0.279 e. The van der Waals surface area contributed by atoms with Crippen LogP contribution in [0, 0.1) is 13.8 Å². The number of aryl methyl sites for hydroxylation is 2. The van der Waals surface area contributed by atoms with Crippen LogP contribution in [0.3, 0.4) is 0 Å². The van der Waals surface area contributed by atoms with Crippen LogP contribution in [0.4, 0.5) is 32.0 Å². The van der Waals surface area contributed by atoms with Gasteiger partial charge < -0.3 is 0 Å². The minimum atomic E-state index is -5.13. The average molecular weight is 397 g/mol. The molecule has 0 atom stereocenters. The standard InChI is InChI=1S/C16H13F6NO2S/c1-9-4-3-5-10(2)14(9)23-26(24,25)13-7-11(15(17,18)19)6-12(8-13)16(20,21)22/h3-8,23H,1-2H3. The summed E-state index contributed by atoms with van der Waals surface area (Å²) in [4.78, 5) is -1.12. The van der Waals surface area contributed by atoms with Gasteiger partial charge in [0.25, 0.3) is 10.0 Å². The van der Waals surface area contributed by atoms with E-state index >= 15 is 0 Å². The highest BCUT2D eigenvalue weighted by molar-refractivity contribution is 7.92. The molecule has 0 fully saturated rings. The van der Waals surface area contributed by atoms with E-state index in [1.807, 2.05) is 0 Å². The van der Waals surface area contributed by atoms with E-state index < -0.39 is 38.4 Å². The Morgan fingerprint density at radius 1 is 0.808 bits per heavy atom. The van der Waals surface area contributed by atoms with Crippen LogP contribution in [0.25, 0.3) is 0 Å². The third-order valence-corrected chi connectivity index (χ3v) is 4.92. The number of sulfonamides is 1. The largest absolute Gasteiger partial charge is 0.416 e. The van der Waals surface area contributed by atoms with E-state index in [0.717, 1.165) is 0 Å². The zero-order valence-corrected chi connectivity index (χ0v) is 14.3. The van der Waals surface area contributed by atoms with Gasteiger partial charge in [0.2, 0.25) is 0 Å². The number of nitrogens with one attached hydrogen (secondary N) is 1. The lowest BCUT2D eigenvalue weighted by molar-refractivity contribution is -0.143. The highest BCUT2D eigenvalue weighted by Gasteiger charge is 2.38. The van der Waals surface area contributed by atoms with Gasteiger partial charge in [-0.3, -0.25) is 4.72 Å². The zero-order valence-electron chi connectivity index (χ0n) is 13.5. The Morgan fingerprint density at radius 2 is 1.23 bits per heavy atom. The molecule has 0 aliphatic heterocycles. The van der Waals surface area contributed by atoms with Crippen LogP contribution >= 0.6 is 0 Å². The van der Waals surface area contributed by atoms with Crippen molar-refractivity contribution in [1.82, 2.24) is 0 Å². The Hall–Kier alpha value is -2.23. The van der Waals surface area contributed by atoms with Gasteiger partial charge in [-0.25, -0.2) is 8.42 Å². The van der Waals surface area contributed by atoms with E-state index in [1.165, 1.54) is 0 Å². The van der Waals surface area contributed by atoms with Crippen LogP contribution in [0.2, 0.25) is 0 Å². The molecule has 0 aliphatic rings. The van der Waals surface area contributed by atoms with Crippen LogP contribution < -0.4 is 4.72 Å². The van der Waals surface area contributed by atoms with Crippen molar-refractivity contribution < 1.29 is 34.8 Å². The summed E-state index contributed by atoms with van der Waals surface area (Å²) in [7, 11) is -4.67. The number of alkyl halides is 6. The first-order valence-corrected chi connectivity index (χ1v) is 8.58. The van der Waals surface area contributed by atoms with Crippen molar-refractivity contribution in [3.05, 3.63) is 58.7 Å². The summed E-state index contributed by atoms with van der Waals surface area (Å²) in [6.45, 7) is 3.11. The number of para-hydroxylation sites is 1. The monoisotopic (exact) mass is 397 g/mol. The molecule has 0 saturated carbocycles. The molecule has 0 unspecified atom stereocenters. The molecule has 0 radical (unpaired) electrons. The molecule has 0 heterocycles. The lowest BCUT2D eigenvalue weighted by Gasteiger charge is -2.16. The van der Waals surface area contributed by atoms with Crippen molar-refractivity contribution in [3.8, 4) is 0 Å². The van der Waals surface area contributed by atoms with Crippen LogP contribution in [0.1, 0.15) is 22.3 Å². The predicted octanol–water partition coefficient (Wildman–Crippen LogP) is 5.14. The van der Waals surface area contributed by atoms with E-state index in [0.29, 0.717) is 11.1 Å². The van der Waals surface area contributed by atoms with Crippen molar-refractivity contribution in [2.75, 3.05) is 4.72 Å². The van der Waals surface area contributed by atoms with E-state index in [1.54, 1.807) is 32.0 Å². The molecule has 26 heavy (non-hydrogen) atoms. The maximum Gasteiger partial charge on any atom is 0.416 e. The Bertz CT molecular complexity index is 880. The lowest BCUT2D eigenvalue weighted by Crippen LogP contribution is -2.18. The molecule has 2 aromatic carbocycles. The molecular weight excluding hydrogens is 384 g/mol. The van der Waals surface area contributed by atoms with Crippen molar-refractivity contribution in [3.63, 3.8) is 0 Å². The van der Waals surface area contributed by atoms with Crippen molar-refractivity contribution in [2.45, 2.75) is 31.1 Å². The second-order valence-electron chi connectivity index (χ2n) is 5.61. The molecule has 2 rings (SSSR count). The molecule has 0 amide bonds. The Morgan fingerprint density at radius 3 is 1.62 bits per heavy atom. The zero-order chi connectivity index (χ0) is 19.9. The highest BCUT2D eigenvalue weighted by atomic mass is 32.2. The van der Waals surface area contributed by atoms with Crippen molar-refractivity contribution >= 4 is 15.7 Å². The molecule has 142 valence electrons. The Kier molecular flexibility index (Phi) is 5.02. The third kappa shape index (κ3) is 4.29. The summed E-state index contributed by atoms with van der Waals surface area (Å²) in [6.07, 6.45) is -10.3. The number of benzene rings is 2. The minimum absolute atomic E-state index is 0.0958. The molecule has 1 N–H and O–H groups in total. The fourth-order valence-electron chi connectivity index (χ4n) is 2.25. The molecule has 2 aromatic rings. The average Bonchev–Trinajstić information content (AvgIpc) is 2.49. The van der Waals surface area contributed by atoms with Gasteiger partial charge >= 0.3 is 12.4 Å². The number of hydrogen-bond acceptors (Lipinski definition) is 2. The number of rotatable bonds is 3. The van der Waals surface area contributed by atoms with Gasteiger partial charge in [0.15, 0.2) is 0 Å². The third-order valence-electron chi connectivity index (χ3n) is 3.59. The molecule has 0 aliphatic carbocycles. The molecule has 0 aromatic heterocycles. The van der Waals surface area contributed by atoms with Gasteiger partial charge in [-0.05, 0) is 43.2 Å². The summed E-state index contributed by atoms with van der Waals surface area (Å²) in [5, 5.41) is 0. The normalized spacial score (nSPS) is 12.9. The molecular formula is C16H13F6NO2S. The van der Waals surface area contributed by atoms with Crippen LogP contribution in [-0.2, 0) is 22.4 Å². The van der Waals surface area contributed by atoms with Gasteiger partial charge in [0.05, 0.1) is 21.7 Å². The maximum atomic E-state index is 12.9. The Balaban J connectivity index is 2.62. The van der Waals surface area contributed by atoms with E-state index in [-0.39, 0.29) is 23.9 Å². The number of halogens is 6. The first-order chi connectivity index (χ1) is 11.7. The first kappa shape index (κ1) is 20.1. The van der Waals surface area contributed by atoms with Gasteiger partial charge in [-0.1, -0.05) is 18.2 Å². The summed E-state index contributed by atoms with van der Waals surface area (Å²) < 4.78 is 104. The van der Waals surface area contributed by atoms with E-state index in [4.69, 9.17) is 0 Å². The van der Waals surface area contributed by atoms with E-state index in [9.17, 15) is 34.8 Å². The Labute approximate surface area is 145 Å². The molecule has 0 saturated heterocycles. The number of hydrogen-bond donors (Lipinski definition) is 1. The fourth-order valence-corrected chi connectivity index (χ4v) is 3.52.